The maximum atomic E-state index is 13.2. The molecule has 0 aliphatic rings. The zero-order valence-corrected chi connectivity index (χ0v) is 16.2. The summed E-state index contributed by atoms with van der Waals surface area (Å²) >= 11 is 1.13. The molecular formula is C20H21FN2O3S. The topological polar surface area (TPSA) is 62.4 Å². The molecule has 1 amide bonds. The molecule has 0 aliphatic carbocycles. The molecule has 1 N–H and O–H groups in total. The van der Waals surface area contributed by atoms with Gasteiger partial charge in [-0.2, -0.15) is 0 Å². The number of thiazole rings is 1. The second-order valence-corrected chi connectivity index (χ2v) is 8.32. The van der Waals surface area contributed by atoms with E-state index in [1.807, 2.05) is 39.0 Å². The van der Waals surface area contributed by atoms with Crippen LogP contribution in [0.2, 0.25) is 0 Å². The van der Waals surface area contributed by atoms with Crippen molar-refractivity contribution >= 4 is 27.6 Å². The largest absolute Gasteiger partial charge is 0.444 e. The molecule has 0 saturated heterocycles. The van der Waals surface area contributed by atoms with Gasteiger partial charge < -0.3 is 9.72 Å². The molecule has 0 unspecified atom stereocenters. The van der Waals surface area contributed by atoms with Gasteiger partial charge in [0.2, 0.25) is 0 Å². The van der Waals surface area contributed by atoms with E-state index in [9.17, 15) is 14.0 Å². The number of carbonyl (C=O) groups is 1. The summed E-state index contributed by atoms with van der Waals surface area (Å²) in [7, 11) is 0. The van der Waals surface area contributed by atoms with Gasteiger partial charge in [0, 0.05) is 13.1 Å². The maximum Gasteiger partial charge on any atom is 0.410 e. The van der Waals surface area contributed by atoms with Gasteiger partial charge in [0.15, 0.2) is 0 Å². The number of nitrogens with one attached hydrogen (secondary N) is 1. The van der Waals surface area contributed by atoms with Crippen LogP contribution < -0.4 is 4.87 Å². The van der Waals surface area contributed by atoms with Gasteiger partial charge in [-0.3, -0.25) is 9.69 Å². The Bertz CT molecular complexity index is 1000. The number of hydrogen-bond donors (Lipinski definition) is 1. The van der Waals surface area contributed by atoms with Crippen molar-refractivity contribution in [3.05, 3.63) is 69.1 Å². The van der Waals surface area contributed by atoms with Gasteiger partial charge in [0.25, 0.3) is 0 Å². The first-order chi connectivity index (χ1) is 12.7. The molecule has 0 fully saturated rings. The minimum absolute atomic E-state index is 0.113. The van der Waals surface area contributed by atoms with E-state index in [0.29, 0.717) is 6.54 Å². The first-order valence-corrected chi connectivity index (χ1v) is 9.35. The van der Waals surface area contributed by atoms with Crippen LogP contribution in [0.15, 0.2) is 47.3 Å². The van der Waals surface area contributed by atoms with Crippen molar-refractivity contribution in [1.29, 1.82) is 0 Å². The summed E-state index contributed by atoms with van der Waals surface area (Å²) in [5.74, 6) is -0.324. The van der Waals surface area contributed by atoms with Crippen molar-refractivity contribution < 1.29 is 13.9 Å². The highest BCUT2D eigenvalue weighted by Gasteiger charge is 2.22. The average Bonchev–Trinajstić information content (AvgIpc) is 2.94. The lowest BCUT2D eigenvalue weighted by molar-refractivity contribution is 0.0216. The van der Waals surface area contributed by atoms with Crippen molar-refractivity contribution in [2.45, 2.75) is 39.5 Å². The van der Waals surface area contributed by atoms with E-state index in [0.717, 1.165) is 32.7 Å². The van der Waals surface area contributed by atoms with Crippen molar-refractivity contribution in [3.63, 3.8) is 0 Å². The number of nitrogens with zero attached hydrogens (tertiary/aromatic N) is 1. The Morgan fingerprint density at radius 2 is 1.74 bits per heavy atom. The van der Waals surface area contributed by atoms with E-state index in [4.69, 9.17) is 4.74 Å². The average molecular weight is 388 g/mol. The van der Waals surface area contributed by atoms with Crippen molar-refractivity contribution in [2.75, 3.05) is 0 Å². The number of aromatic nitrogens is 1. The molecular weight excluding hydrogens is 367 g/mol. The Morgan fingerprint density at radius 1 is 1.11 bits per heavy atom. The minimum Gasteiger partial charge on any atom is -0.444 e. The van der Waals surface area contributed by atoms with Crippen LogP contribution in [0.3, 0.4) is 0 Å². The third-order valence-electron chi connectivity index (χ3n) is 3.80. The normalized spacial score (nSPS) is 11.6. The number of amides is 1. The van der Waals surface area contributed by atoms with Crippen LogP contribution in [0.4, 0.5) is 9.18 Å². The van der Waals surface area contributed by atoms with Gasteiger partial charge in [-0.15, -0.1) is 0 Å². The molecule has 0 saturated carbocycles. The minimum atomic E-state index is -0.623. The third kappa shape index (κ3) is 5.17. The van der Waals surface area contributed by atoms with Crippen LogP contribution in [0.5, 0.6) is 0 Å². The quantitative estimate of drug-likeness (QED) is 0.707. The molecule has 142 valence electrons. The van der Waals surface area contributed by atoms with Gasteiger partial charge in [-0.05, 0) is 56.2 Å². The van der Waals surface area contributed by atoms with E-state index in [1.54, 1.807) is 17.0 Å². The molecule has 1 heterocycles. The molecule has 0 radical (unpaired) electrons. The SMILES string of the molecule is CC(C)(C)OC(=O)N(Cc1ccc(F)cc1)Cc1ccc2[nH]c(=O)sc2c1. The number of benzene rings is 2. The summed E-state index contributed by atoms with van der Waals surface area (Å²) in [6.45, 7) is 6.03. The van der Waals surface area contributed by atoms with Crippen LogP contribution >= 0.6 is 11.3 Å². The predicted molar refractivity (Wildman–Crippen MR) is 104 cm³/mol. The van der Waals surface area contributed by atoms with Gasteiger partial charge >= 0.3 is 11.0 Å². The van der Waals surface area contributed by atoms with Crippen molar-refractivity contribution in [1.82, 2.24) is 9.88 Å². The first-order valence-electron chi connectivity index (χ1n) is 8.54. The molecule has 1 aromatic heterocycles. The van der Waals surface area contributed by atoms with E-state index >= 15 is 0 Å². The molecule has 0 atom stereocenters. The van der Waals surface area contributed by atoms with Crippen LogP contribution in [0.25, 0.3) is 10.2 Å². The van der Waals surface area contributed by atoms with Crippen LogP contribution in [0, 0.1) is 5.82 Å². The number of H-pyrrole nitrogens is 1. The molecule has 0 spiro atoms. The Hall–Kier alpha value is -2.67. The summed E-state index contributed by atoms with van der Waals surface area (Å²) in [5.41, 5.74) is 1.83. The fourth-order valence-electron chi connectivity index (χ4n) is 2.63. The van der Waals surface area contributed by atoms with E-state index in [-0.39, 0.29) is 17.2 Å². The highest BCUT2D eigenvalue weighted by atomic mass is 32.1. The molecule has 7 heteroatoms. The second-order valence-electron chi connectivity index (χ2n) is 7.31. The highest BCUT2D eigenvalue weighted by molar-refractivity contribution is 7.16. The summed E-state index contributed by atoms with van der Waals surface area (Å²) in [4.78, 5) is 28.4. The molecule has 0 bridgehead atoms. The number of aromatic amines is 1. The predicted octanol–water partition coefficient (Wildman–Crippen LogP) is 4.67. The Labute approximate surface area is 160 Å². The standard InChI is InChI=1S/C20H21FN2O3S/c1-20(2,3)26-19(25)23(11-13-4-7-15(21)8-5-13)12-14-6-9-16-17(10-14)27-18(24)22-16/h4-10H,11-12H2,1-3H3,(H,22,24). The number of hydrogen-bond acceptors (Lipinski definition) is 4. The van der Waals surface area contributed by atoms with E-state index in [1.165, 1.54) is 12.1 Å². The Kier molecular flexibility index (Phi) is 5.32. The third-order valence-corrected chi connectivity index (χ3v) is 4.64. The first kappa shape index (κ1) is 19.1. The lowest BCUT2D eigenvalue weighted by Gasteiger charge is -2.27. The summed E-state index contributed by atoms with van der Waals surface area (Å²) in [6, 6.07) is 11.6. The van der Waals surface area contributed by atoms with E-state index in [2.05, 4.69) is 4.98 Å². The number of halogens is 1. The summed E-state index contributed by atoms with van der Waals surface area (Å²) in [5, 5.41) is 0. The summed E-state index contributed by atoms with van der Waals surface area (Å²) < 4.78 is 19.5. The van der Waals surface area contributed by atoms with Gasteiger partial charge in [0.1, 0.15) is 11.4 Å². The maximum absolute atomic E-state index is 13.2. The zero-order chi connectivity index (χ0) is 19.6. The molecule has 3 aromatic rings. The van der Waals surface area contributed by atoms with Gasteiger partial charge in [-0.1, -0.05) is 29.5 Å². The van der Waals surface area contributed by atoms with E-state index < -0.39 is 11.7 Å². The van der Waals surface area contributed by atoms with Gasteiger partial charge in [-0.25, -0.2) is 9.18 Å². The van der Waals surface area contributed by atoms with Crippen molar-refractivity contribution in [2.24, 2.45) is 0 Å². The zero-order valence-electron chi connectivity index (χ0n) is 15.4. The fourth-order valence-corrected chi connectivity index (χ4v) is 3.43. The Morgan fingerprint density at radius 3 is 2.41 bits per heavy atom. The molecule has 5 nitrogen and oxygen atoms in total. The number of ether oxygens (including phenoxy) is 1. The molecule has 2 aromatic carbocycles. The summed E-state index contributed by atoms with van der Waals surface area (Å²) in [6.07, 6.45) is -0.450. The van der Waals surface area contributed by atoms with Crippen molar-refractivity contribution in [3.8, 4) is 0 Å². The fraction of sp³-hybridized carbons (Fsp3) is 0.300. The smallest absolute Gasteiger partial charge is 0.410 e. The lowest BCUT2D eigenvalue weighted by Crippen LogP contribution is -2.36. The number of rotatable bonds is 4. The lowest BCUT2D eigenvalue weighted by atomic mass is 10.1. The van der Waals surface area contributed by atoms with Crippen LogP contribution in [-0.4, -0.2) is 21.6 Å². The van der Waals surface area contributed by atoms with Crippen LogP contribution in [-0.2, 0) is 17.8 Å². The van der Waals surface area contributed by atoms with Crippen LogP contribution in [0.1, 0.15) is 31.9 Å². The molecule has 0 aliphatic heterocycles. The number of fused-ring (bicyclic) bond motifs is 1. The highest BCUT2D eigenvalue weighted by Crippen LogP contribution is 2.20. The van der Waals surface area contributed by atoms with Gasteiger partial charge in [0.05, 0.1) is 10.2 Å². The molecule has 27 heavy (non-hydrogen) atoms. The molecule has 3 rings (SSSR count). The monoisotopic (exact) mass is 388 g/mol. The Balaban J connectivity index is 1.85. The second kappa shape index (κ2) is 7.52. The number of carbonyl (C=O) groups excluding carboxylic acids is 1.